The van der Waals surface area contributed by atoms with Crippen molar-refractivity contribution in [3.8, 4) is 22.8 Å². The van der Waals surface area contributed by atoms with Crippen LogP contribution in [0, 0.1) is 0 Å². The number of hydrogen-bond donors (Lipinski definition) is 2. The van der Waals surface area contributed by atoms with Gasteiger partial charge in [-0.3, -0.25) is 10.00 Å². The van der Waals surface area contributed by atoms with Gasteiger partial charge < -0.3 is 14.6 Å². The van der Waals surface area contributed by atoms with Crippen LogP contribution in [0.15, 0.2) is 24.3 Å². The lowest BCUT2D eigenvalue weighted by atomic mass is 10.1. The molecule has 7 nitrogen and oxygen atoms in total. The summed E-state index contributed by atoms with van der Waals surface area (Å²) in [5.41, 5.74) is 1.36. The van der Waals surface area contributed by atoms with Gasteiger partial charge in [0.1, 0.15) is 11.8 Å². The number of nitrogens with one attached hydrogen (secondary N) is 1. The van der Waals surface area contributed by atoms with Gasteiger partial charge in [-0.05, 0) is 31.3 Å². The smallest absolute Gasteiger partial charge is 0.353 e. The molecule has 116 valence electrons. The van der Waals surface area contributed by atoms with E-state index in [-0.39, 0.29) is 11.8 Å². The van der Waals surface area contributed by atoms with E-state index >= 15 is 0 Å². The number of benzene rings is 1. The third-order valence-electron chi connectivity index (χ3n) is 3.59. The molecule has 0 unspecified atom stereocenters. The molecular formula is C15H17N3O4. The predicted octanol–water partition coefficient (Wildman–Crippen LogP) is 1.48. The molecule has 2 aromatic rings. The first kappa shape index (κ1) is 14.4. The minimum Gasteiger partial charge on any atom is -0.493 e. The Balaban J connectivity index is 1.82. The maximum Gasteiger partial charge on any atom is 0.353 e. The molecule has 3 rings (SSSR count). The van der Waals surface area contributed by atoms with E-state index in [2.05, 4.69) is 15.1 Å². The van der Waals surface area contributed by atoms with Crippen LogP contribution in [0.2, 0.25) is 0 Å². The number of aromatic amines is 1. The van der Waals surface area contributed by atoms with Gasteiger partial charge in [-0.25, -0.2) is 4.79 Å². The van der Waals surface area contributed by atoms with E-state index in [9.17, 15) is 4.79 Å². The third-order valence-corrected chi connectivity index (χ3v) is 3.59. The Morgan fingerprint density at radius 2 is 2.14 bits per heavy atom. The summed E-state index contributed by atoms with van der Waals surface area (Å²) in [7, 11) is 3.61. The zero-order chi connectivity index (χ0) is 15.7. The zero-order valence-corrected chi connectivity index (χ0v) is 12.4. The van der Waals surface area contributed by atoms with Crippen LogP contribution >= 0.6 is 0 Å². The van der Waals surface area contributed by atoms with E-state index in [1.807, 2.05) is 19.2 Å². The second-order valence-corrected chi connectivity index (χ2v) is 5.30. The van der Waals surface area contributed by atoms with E-state index in [1.54, 1.807) is 13.2 Å². The van der Waals surface area contributed by atoms with Crippen molar-refractivity contribution in [1.82, 2.24) is 15.1 Å². The highest BCUT2D eigenvalue weighted by molar-refractivity contribution is 5.86. The van der Waals surface area contributed by atoms with Crippen LogP contribution < -0.4 is 9.47 Å². The Labute approximate surface area is 127 Å². The second-order valence-electron chi connectivity index (χ2n) is 5.30. The third kappa shape index (κ3) is 2.75. The molecule has 0 spiro atoms. The highest BCUT2D eigenvalue weighted by Crippen LogP contribution is 2.33. The average Bonchev–Trinajstić information content (AvgIpc) is 2.96. The van der Waals surface area contributed by atoms with Crippen LogP contribution in [0.1, 0.15) is 10.5 Å². The number of carboxylic acid groups (broad SMARTS) is 1. The van der Waals surface area contributed by atoms with Gasteiger partial charge in [0, 0.05) is 18.7 Å². The molecule has 1 aromatic heterocycles. The fourth-order valence-corrected chi connectivity index (χ4v) is 2.40. The molecule has 7 heteroatoms. The minimum absolute atomic E-state index is 0.0480. The average molecular weight is 303 g/mol. The lowest BCUT2D eigenvalue weighted by molar-refractivity contribution is 0.0370. The number of rotatable bonds is 5. The molecule has 2 N–H and O–H groups in total. The van der Waals surface area contributed by atoms with Crippen LogP contribution in [-0.2, 0) is 0 Å². The Kier molecular flexibility index (Phi) is 3.72. The number of methoxy groups -OCH3 is 1. The maximum absolute atomic E-state index is 10.9. The van der Waals surface area contributed by atoms with Gasteiger partial charge in [-0.1, -0.05) is 0 Å². The summed E-state index contributed by atoms with van der Waals surface area (Å²) in [5, 5.41) is 15.4. The topological polar surface area (TPSA) is 87.7 Å². The van der Waals surface area contributed by atoms with Crippen LogP contribution in [-0.4, -0.2) is 59.5 Å². The van der Waals surface area contributed by atoms with Gasteiger partial charge in [-0.2, -0.15) is 5.10 Å². The first-order valence-corrected chi connectivity index (χ1v) is 6.89. The molecule has 0 amide bonds. The Hall–Kier alpha value is -2.54. The highest BCUT2D eigenvalue weighted by atomic mass is 16.5. The highest BCUT2D eigenvalue weighted by Gasteiger charge is 2.26. The van der Waals surface area contributed by atoms with Gasteiger partial charge in [-0.15, -0.1) is 0 Å². The number of carbonyl (C=O) groups is 1. The normalized spacial score (nSPS) is 15.4. The lowest BCUT2D eigenvalue weighted by Gasteiger charge is -2.36. The predicted molar refractivity (Wildman–Crippen MR) is 79.4 cm³/mol. The number of likely N-dealkylation sites (N-methyl/N-ethyl adjacent to an activating group) is 1. The minimum atomic E-state index is -1.04. The van der Waals surface area contributed by atoms with E-state index < -0.39 is 5.97 Å². The van der Waals surface area contributed by atoms with Gasteiger partial charge >= 0.3 is 5.97 Å². The number of ether oxygens (including phenoxy) is 2. The molecule has 0 radical (unpaired) electrons. The molecule has 0 saturated carbocycles. The van der Waals surface area contributed by atoms with Crippen molar-refractivity contribution in [2.75, 3.05) is 27.2 Å². The van der Waals surface area contributed by atoms with Crippen molar-refractivity contribution in [1.29, 1.82) is 0 Å². The number of aromatic nitrogens is 2. The summed E-state index contributed by atoms with van der Waals surface area (Å²) in [6.07, 6.45) is 0.175. The van der Waals surface area contributed by atoms with Crippen molar-refractivity contribution in [3.05, 3.63) is 30.0 Å². The largest absolute Gasteiger partial charge is 0.493 e. The number of likely N-dealkylation sites (tertiary alicyclic amines) is 1. The van der Waals surface area contributed by atoms with Crippen molar-refractivity contribution in [2.24, 2.45) is 0 Å². The maximum atomic E-state index is 10.9. The van der Waals surface area contributed by atoms with Crippen LogP contribution in [0.5, 0.6) is 11.5 Å². The Morgan fingerprint density at radius 1 is 1.36 bits per heavy atom. The quantitative estimate of drug-likeness (QED) is 0.870. The molecule has 1 fully saturated rings. The molecule has 1 aliphatic heterocycles. The summed E-state index contributed by atoms with van der Waals surface area (Å²) < 4.78 is 11.3. The molecule has 2 heterocycles. The Bertz CT molecular complexity index is 692. The van der Waals surface area contributed by atoms with Crippen molar-refractivity contribution in [2.45, 2.75) is 6.10 Å². The molecular weight excluding hydrogens is 286 g/mol. The fraction of sp³-hybridized carbons (Fsp3) is 0.333. The second kappa shape index (κ2) is 5.69. The number of H-pyrrole nitrogens is 1. The lowest BCUT2D eigenvalue weighted by Crippen LogP contribution is -2.51. The van der Waals surface area contributed by atoms with Crippen LogP contribution in [0.3, 0.4) is 0 Å². The van der Waals surface area contributed by atoms with E-state index in [0.29, 0.717) is 17.2 Å². The molecule has 1 saturated heterocycles. The fourth-order valence-electron chi connectivity index (χ4n) is 2.40. The molecule has 1 aromatic carbocycles. The first-order chi connectivity index (χ1) is 10.6. The monoisotopic (exact) mass is 303 g/mol. The Morgan fingerprint density at radius 3 is 2.73 bits per heavy atom. The number of aromatic carboxylic acids is 1. The summed E-state index contributed by atoms with van der Waals surface area (Å²) in [4.78, 5) is 13.1. The van der Waals surface area contributed by atoms with E-state index in [1.165, 1.54) is 6.07 Å². The number of nitrogens with zero attached hydrogens (tertiary/aromatic N) is 2. The van der Waals surface area contributed by atoms with E-state index in [0.717, 1.165) is 18.7 Å². The first-order valence-electron chi connectivity index (χ1n) is 6.89. The van der Waals surface area contributed by atoms with Gasteiger partial charge in [0.15, 0.2) is 11.5 Å². The summed E-state index contributed by atoms with van der Waals surface area (Å²) in [5.74, 6) is 0.241. The summed E-state index contributed by atoms with van der Waals surface area (Å²) >= 11 is 0. The van der Waals surface area contributed by atoms with Gasteiger partial charge in [0.05, 0.1) is 12.8 Å². The molecule has 1 aliphatic rings. The zero-order valence-electron chi connectivity index (χ0n) is 12.4. The molecule has 22 heavy (non-hydrogen) atoms. The molecule has 0 aliphatic carbocycles. The molecule has 0 atom stereocenters. The van der Waals surface area contributed by atoms with Gasteiger partial charge in [0.2, 0.25) is 0 Å². The van der Waals surface area contributed by atoms with E-state index in [4.69, 9.17) is 14.6 Å². The number of carboxylic acids is 1. The summed E-state index contributed by atoms with van der Waals surface area (Å²) in [6, 6.07) is 6.93. The molecule has 0 bridgehead atoms. The van der Waals surface area contributed by atoms with Crippen LogP contribution in [0.4, 0.5) is 0 Å². The SMILES string of the molecule is COc1cc(-c2cc(C(=O)O)[nH]n2)ccc1OC1CN(C)C1. The van der Waals surface area contributed by atoms with Crippen molar-refractivity contribution >= 4 is 5.97 Å². The number of hydrogen-bond acceptors (Lipinski definition) is 5. The van der Waals surface area contributed by atoms with Gasteiger partial charge in [0.25, 0.3) is 0 Å². The standard InChI is InChI=1S/C15H17N3O4/c1-18-7-10(8-18)22-13-4-3-9(5-14(13)21-2)11-6-12(15(19)20)17-16-11/h3-6,10H,7-8H2,1-2H3,(H,16,17)(H,19,20). The van der Waals surface area contributed by atoms with Crippen LogP contribution in [0.25, 0.3) is 11.3 Å². The van der Waals surface area contributed by atoms with Crippen molar-refractivity contribution < 1.29 is 19.4 Å². The summed E-state index contributed by atoms with van der Waals surface area (Å²) in [6.45, 7) is 1.79. The van der Waals surface area contributed by atoms with Crippen molar-refractivity contribution in [3.63, 3.8) is 0 Å².